The molecule has 1 aromatic rings. The molecule has 0 radical (unpaired) electrons. The number of nitrogens with one attached hydrogen (secondary N) is 1. The fraction of sp³-hybridized carbons (Fsp3) is 0.412. The number of phosphoric acid groups is 1. The SMILES string of the molecule is Cc1cc2nc3c(=O)[nH]c(=O)nc-3n(C[C@@H]([O-])[C@@H](O)[C@@H](O)COP(=O)(O)O)c2cc1C.O.O.[Na+]. The third-order valence-corrected chi connectivity index (χ3v) is 5.26. The summed E-state index contributed by atoms with van der Waals surface area (Å²) in [6.45, 7) is 2.11. The number of aromatic nitrogens is 4. The minimum atomic E-state index is -4.91. The van der Waals surface area contributed by atoms with Crippen molar-refractivity contribution in [2.45, 2.75) is 38.7 Å². The molecule has 15 nitrogen and oxygen atoms in total. The Labute approximate surface area is 213 Å². The quantitative estimate of drug-likeness (QED) is 0.112. The van der Waals surface area contributed by atoms with Crippen molar-refractivity contribution >= 4 is 18.9 Å². The molecule has 3 rings (SSSR count). The van der Waals surface area contributed by atoms with Crippen LogP contribution in [0.5, 0.6) is 0 Å². The molecule has 0 unspecified atom stereocenters. The number of hydrogen-bond donors (Lipinski definition) is 5. The van der Waals surface area contributed by atoms with Gasteiger partial charge in [0.2, 0.25) is 0 Å². The van der Waals surface area contributed by atoms with Gasteiger partial charge in [-0.15, -0.1) is 0 Å². The van der Waals surface area contributed by atoms with Crippen LogP contribution in [-0.4, -0.2) is 75.4 Å². The molecule has 2 aliphatic heterocycles. The van der Waals surface area contributed by atoms with E-state index in [0.29, 0.717) is 11.0 Å². The first-order valence-corrected chi connectivity index (χ1v) is 10.5. The summed E-state index contributed by atoms with van der Waals surface area (Å²) in [5, 5.41) is 32.7. The van der Waals surface area contributed by atoms with Crippen LogP contribution in [0.3, 0.4) is 0 Å². The average Bonchev–Trinajstić information content (AvgIpc) is 2.67. The van der Waals surface area contributed by atoms with E-state index in [-0.39, 0.29) is 52.0 Å². The fourth-order valence-electron chi connectivity index (χ4n) is 3.04. The standard InChI is InChI=1S/C17H20N4O9P.Na.2H2O/c1-7-3-9-10(4-8(7)2)21(15-13(18-9)16(25)20-17(26)19-15)5-11(22)14(24)12(23)6-30-31(27,28)29;;;/h3-4,11-12,14,23-24H,5-6H2,1-2H3,(H,20,25,26)(H2,27,28,29);;2*1H2/q-1;+1;;/t11-,12+,14-;;;/m1.../s1. The van der Waals surface area contributed by atoms with Gasteiger partial charge in [0, 0.05) is 6.54 Å². The largest absolute Gasteiger partial charge is 1.00 e. The zero-order valence-electron chi connectivity index (χ0n) is 18.4. The molecule has 0 saturated heterocycles. The van der Waals surface area contributed by atoms with Crippen LogP contribution in [0.4, 0.5) is 0 Å². The van der Waals surface area contributed by atoms with Gasteiger partial charge in [0.05, 0.1) is 23.7 Å². The van der Waals surface area contributed by atoms with Gasteiger partial charge in [0.25, 0.3) is 5.56 Å². The Balaban J connectivity index is 0.00000363. The van der Waals surface area contributed by atoms with E-state index in [9.17, 15) is 29.5 Å². The third-order valence-electron chi connectivity index (χ3n) is 4.78. The average molecular weight is 514 g/mol. The van der Waals surface area contributed by atoms with Crippen molar-refractivity contribution in [3.63, 3.8) is 0 Å². The number of aromatic amines is 1. The number of nitrogens with zero attached hydrogens (tertiary/aromatic N) is 3. The van der Waals surface area contributed by atoms with Gasteiger partial charge in [-0.1, -0.05) is 6.10 Å². The number of fused-ring (bicyclic) bond motifs is 2. The number of H-pyrrole nitrogens is 1. The smallest absolute Gasteiger partial charge is 0.849 e. The molecule has 9 N–H and O–H groups in total. The summed E-state index contributed by atoms with van der Waals surface area (Å²) < 4.78 is 16.1. The van der Waals surface area contributed by atoms with Crippen molar-refractivity contribution in [3.8, 4) is 11.5 Å². The molecule has 0 aliphatic carbocycles. The molecule has 184 valence electrons. The second kappa shape index (κ2) is 12.4. The van der Waals surface area contributed by atoms with Crippen LogP contribution in [0.25, 0.3) is 22.6 Å². The van der Waals surface area contributed by atoms with Gasteiger partial charge in [-0.25, -0.2) is 14.3 Å². The van der Waals surface area contributed by atoms with Crippen LogP contribution in [0.2, 0.25) is 0 Å². The van der Waals surface area contributed by atoms with Gasteiger partial charge in [-0.2, -0.15) is 4.98 Å². The molecular weight excluding hydrogens is 490 g/mol. The Morgan fingerprint density at radius 2 is 1.74 bits per heavy atom. The predicted molar refractivity (Wildman–Crippen MR) is 112 cm³/mol. The molecule has 3 atom stereocenters. The number of phosphoric ester groups is 1. The van der Waals surface area contributed by atoms with E-state index in [0.717, 1.165) is 11.1 Å². The molecule has 0 saturated carbocycles. The van der Waals surface area contributed by atoms with Crippen molar-refractivity contribution in [1.29, 1.82) is 0 Å². The molecule has 0 aromatic heterocycles. The van der Waals surface area contributed by atoms with E-state index < -0.39 is 50.5 Å². The summed E-state index contributed by atoms with van der Waals surface area (Å²) in [5.74, 6) is -0.182. The molecule has 0 spiro atoms. The summed E-state index contributed by atoms with van der Waals surface area (Å²) in [5.41, 5.74) is 0.446. The van der Waals surface area contributed by atoms with Crippen molar-refractivity contribution in [1.82, 2.24) is 19.5 Å². The Bertz CT molecular complexity index is 1260. The van der Waals surface area contributed by atoms with E-state index in [1.165, 1.54) is 4.57 Å². The number of rotatable bonds is 7. The van der Waals surface area contributed by atoms with Gasteiger partial charge in [-0.3, -0.25) is 14.3 Å². The maximum Gasteiger partial charge on any atom is 1.00 e. The summed E-state index contributed by atoms with van der Waals surface area (Å²) in [6.07, 6.45) is -5.82. The van der Waals surface area contributed by atoms with Crippen LogP contribution in [0.15, 0.2) is 21.7 Å². The molecule has 0 bridgehead atoms. The molecule has 0 amide bonds. The van der Waals surface area contributed by atoms with Gasteiger partial charge < -0.3 is 40.6 Å². The molecule has 0 fully saturated rings. The van der Waals surface area contributed by atoms with Crippen molar-refractivity contribution in [3.05, 3.63) is 44.1 Å². The van der Waals surface area contributed by atoms with E-state index in [2.05, 4.69) is 14.5 Å². The fourth-order valence-corrected chi connectivity index (χ4v) is 3.39. The molecule has 34 heavy (non-hydrogen) atoms. The Kier molecular flexibility index (Phi) is 11.8. The normalized spacial score (nSPS) is 14.0. The maximum atomic E-state index is 12.7. The molecule has 2 heterocycles. The second-order valence-electron chi connectivity index (χ2n) is 7.07. The molecule has 17 heteroatoms. The topological polar surface area (TPSA) is 274 Å². The van der Waals surface area contributed by atoms with Gasteiger partial charge in [0.1, 0.15) is 6.10 Å². The van der Waals surface area contributed by atoms with Crippen LogP contribution in [0, 0.1) is 13.8 Å². The molecule has 1 aromatic carbocycles. The van der Waals surface area contributed by atoms with Gasteiger partial charge in [0.15, 0.2) is 11.5 Å². The molecule has 2 aliphatic rings. The molecular formula is C17H24N4NaO11P. The first-order valence-electron chi connectivity index (χ1n) is 9.01. The van der Waals surface area contributed by atoms with Crippen LogP contribution in [0.1, 0.15) is 11.1 Å². The van der Waals surface area contributed by atoms with E-state index in [1.54, 1.807) is 19.1 Å². The van der Waals surface area contributed by atoms with Crippen LogP contribution >= 0.6 is 7.82 Å². The number of aliphatic hydroxyl groups is 2. The van der Waals surface area contributed by atoms with Crippen molar-refractivity contribution in [2.24, 2.45) is 0 Å². The Morgan fingerprint density at radius 1 is 1.15 bits per heavy atom. The number of aliphatic hydroxyl groups excluding tert-OH is 2. The van der Waals surface area contributed by atoms with E-state index in [1.807, 2.05) is 11.9 Å². The van der Waals surface area contributed by atoms with Crippen molar-refractivity contribution in [2.75, 3.05) is 6.61 Å². The summed E-state index contributed by atoms with van der Waals surface area (Å²) in [4.78, 5) is 51.4. The van der Waals surface area contributed by atoms with Crippen LogP contribution in [-0.2, 0) is 15.6 Å². The second-order valence-corrected chi connectivity index (χ2v) is 8.31. The minimum Gasteiger partial charge on any atom is -0.849 e. The summed E-state index contributed by atoms with van der Waals surface area (Å²) in [6, 6.07) is 3.36. The van der Waals surface area contributed by atoms with Crippen LogP contribution < -0.4 is 45.9 Å². The Hall–Kier alpha value is -1.59. The zero-order chi connectivity index (χ0) is 23.1. The first-order chi connectivity index (χ1) is 14.4. The summed E-state index contributed by atoms with van der Waals surface area (Å²) >= 11 is 0. The number of aryl methyl sites for hydroxylation is 2. The van der Waals surface area contributed by atoms with E-state index in [4.69, 9.17) is 9.79 Å². The third kappa shape index (κ3) is 7.21. The number of hydrogen-bond acceptors (Lipinski definition) is 9. The number of benzene rings is 1. The first kappa shape index (κ1) is 32.4. The van der Waals surface area contributed by atoms with E-state index >= 15 is 0 Å². The van der Waals surface area contributed by atoms with Crippen molar-refractivity contribution < 1.29 is 74.7 Å². The van der Waals surface area contributed by atoms with Gasteiger partial charge >= 0.3 is 43.1 Å². The summed E-state index contributed by atoms with van der Waals surface area (Å²) in [7, 11) is -4.91. The Morgan fingerprint density at radius 3 is 2.32 bits per heavy atom. The minimum absolute atomic E-state index is 0. The van der Waals surface area contributed by atoms with Gasteiger partial charge in [-0.05, 0) is 37.1 Å². The predicted octanol–water partition coefficient (Wildman–Crippen LogP) is -6.88. The monoisotopic (exact) mass is 514 g/mol. The zero-order valence-corrected chi connectivity index (χ0v) is 21.3. The maximum absolute atomic E-state index is 12.7.